The van der Waals surface area contributed by atoms with E-state index >= 15 is 0 Å². The number of carbonyl (C=O) groups is 1. The lowest BCUT2D eigenvalue weighted by Gasteiger charge is -2.32. The number of carbonyl (C=O) groups excluding carboxylic acids is 1. The number of rotatable bonds is 4. The first-order chi connectivity index (χ1) is 13.6. The van der Waals surface area contributed by atoms with Crippen LogP contribution in [0.4, 0.5) is 0 Å². The number of likely N-dealkylation sites (tertiary alicyclic amines) is 1. The van der Waals surface area contributed by atoms with Gasteiger partial charge in [-0.25, -0.2) is 9.97 Å². The Balaban J connectivity index is 1.53. The number of ether oxygens (including phenoxy) is 1. The number of piperidine rings is 1. The lowest BCUT2D eigenvalue weighted by Crippen LogP contribution is -2.45. The smallest absolute Gasteiger partial charge is 0.274 e. The summed E-state index contributed by atoms with van der Waals surface area (Å²) in [4.78, 5) is 25.2. The molecule has 1 atom stereocenters. The number of nitrogens with zero attached hydrogens (tertiary/aromatic N) is 6. The van der Waals surface area contributed by atoms with Crippen LogP contribution in [-0.2, 0) is 0 Å². The molecule has 0 saturated carbocycles. The van der Waals surface area contributed by atoms with Crippen LogP contribution in [0.1, 0.15) is 29.0 Å². The zero-order valence-electron chi connectivity index (χ0n) is 15.3. The minimum atomic E-state index is -0.145. The Morgan fingerprint density at radius 2 is 2.04 bits per heavy atom. The van der Waals surface area contributed by atoms with Gasteiger partial charge in [-0.2, -0.15) is 10.2 Å². The fourth-order valence-corrected chi connectivity index (χ4v) is 3.41. The molecule has 3 aromatic heterocycles. The van der Waals surface area contributed by atoms with E-state index in [0.717, 1.165) is 23.0 Å². The number of aryl methyl sites for hydroxylation is 1. The number of pyridine rings is 2. The van der Waals surface area contributed by atoms with Gasteiger partial charge >= 0.3 is 0 Å². The molecule has 0 bridgehead atoms. The van der Waals surface area contributed by atoms with Gasteiger partial charge in [0.05, 0.1) is 18.9 Å². The minimum Gasteiger partial charge on any atom is -0.472 e. The molecule has 0 aliphatic carbocycles. The highest BCUT2D eigenvalue weighted by atomic mass is 79.9. The molecule has 8 nitrogen and oxygen atoms in total. The van der Waals surface area contributed by atoms with E-state index in [1.165, 1.54) is 4.80 Å². The van der Waals surface area contributed by atoms with E-state index in [-0.39, 0.29) is 12.0 Å². The molecule has 144 valence electrons. The molecule has 1 fully saturated rings. The normalized spacial score (nSPS) is 16.8. The van der Waals surface area contributed by atoms with Crippen molar-refractivity contribution in [2.24, 2.45) is 0 Å². The molecule has 1 unspecified atom stereocenters. The molecule has 9 heteroatoms. The molecule has 1 saturated heterocycles. The maximum Gasteiger partial charge on any atom is 0.274 e. The van der Waals surface area contributed by atoms with Crippen LogP contribution in [0, 0.1) is 6.92 Å². The van der Waals surface area contributed by atoms with Gasteiger partial charge in [-0.3, -0.25) is 4.79 Å². The summed E-state index contributed by atoms with van der Waals surface area (Å²) in [5.74, 6) is 0.408. The molecule has 1 amide bonds. The van der Waals surface area contributed by atoms with Crippen LogP contribution in [0.3, 0.4) is 0 Å². The average molecular weight is 443 g/mol. The van der Waals surface area contributed by atoms with E-state index in [2.05, 4.69) is 36.1 Å². The number of amides is 1. The third-order valence-corrected chi connectivity index (χ3v) is 4.97. The van der Waals surface area contributed by atoms with Crippen LogP contribution in [0.25, 0.3) is 5.69 Å². The van der Waals surface area contributed by atoms with Crippen LogP contribution in [-0.4, -0.2) is 55.0 Å². The van der Waals surface area contributed by atoms with E-state index < -0.39 is 0 Å². The Kier molecular flexibility index (Phi) is 5.34. The molecule has 1 aliphatic rings. The molecule has 4 rings (SSSR count). The van der Waals surface area contributed by atoms with Gasteiger partial charge in [-0.15, -0.1) is 4.80 Å². The number of hydrogen-bond acceptors (Lipinski definition) is 6. The largest absolute Gasteiger partial charge is 0.472 e. The van der Waals surface area contributed by atoms with Gasteiger partial charge < -0.3 is 9.64 Å². The maximum absolute atomic E-state index is 13.2. The van der Waals surface area contributed by atoms with Gasteiger partial charge in [0.2, 0.25) is 5.88 Å². The summed E-state index contributed by atoms with van der Waals surface area (Å²) >= 11 is 3.36. The second kappa shape index (κ2) is 8.05. The average Bonchev–Trinajstić information content (AvgIpc) is 3.24. The lowest BCUT2D eigenvalue weighted by molar-refractivity contribution is 0.0522. The first kappa shape index (κ1) is 18.5. The summed E-state index contributed by atoms with van der Waals surface area (Å²) in [5, 5.41) is 8.28. The van der Waals surface area contributed by atoms with Crippen LogP contribution in [0.15, 0.2) is 47.3 Å². The first-order valence-electron chi connectivity index (χ1n) is 9.02. The number of halogens is 1. The summed E-state index contributed by atoms with van der Waals surface area (Å²) in [7, 11) is 0. The Morgan fingerprint density at radius 3 is 2.79 bits per heavy atom. The fourth-order valence-electron chi connectivity index (χ4n) is 3.18. The predicted octanol–water partition coefficient (Wildman–Crippen LogP) is 2.81. The number of aromatic nitrogens is 5. The predicted molar refractivity (Wildman–Crippen MR) is 105 cm³/mol. The topological polar surface area (TPSA) is 86.0 Å². The van der Waals surface area contributed by atoms with Crippen molar-refractivity contribution in [1.82, 2.24) is 29.9 Å². The van der Waals surface area contributed by atoms with Crippen molar-refractivity contribution < 1.29 is 9.53 Å². The van der Waals surface area contributed by atoms with Gasteiger partial charge in [0.1, 0.15) is 11.8 Å². The van der Waals surface area contributed by atoms with E-state index in [0.29, 0.717) is 30.4 Å². The molecule has 4 heterocycles. The van der Waals surface area contributed by atoms with Crippen LogP contribution in [0.5, 0.6) is 5.88 Å². The molecule has 28 heavy (non-hydrogen) atoms. The van der Waals surface area contributed by atoms with Gasteiger partial charge in [-0.1, -0.05) is 0 Å². The van der Waals surface area contributed by atoms with Crippen molar-refractivity contribution >= 4 is 21.8 Å². The van der Waals surface area contributed by atoms with Crippen molar-refractivity contribution in [3.8, 4) is 11.6 Å². The number of hydrogen-bond donors (Lipinski definition) is 0. The molecule has 0 aromatic carbocycles. The summed E-state index contributed by atoms with van der Waals surface area (Å²) in [6, 6.07) is 7.36. The molecular weight excluding hydrogens is 424 g/mol. The first-order valence-corrected chi connectivity index (χ1v) is 9.81. The standard InChI is InChI=1S/C19H19BrN6O2/c1-13-4-6-16(26-22-8-9-23-26)18(24-13)19(27)25-10-2-3-15(12-25)28-17-7-5-14(20)11-21-17/h4-9,11,15H,2-3,10,12H2,1H3. The summed E-state index contributed by atoms with van der Waals surface area (Å²) in [6.45, 7) is 3.00. The molecule has 1 aliphatic heterocycles. The van der Waals surface area contributed by atoms with Gasteiger partial charge in [0.15, 0.2) is 5.69 Å². The quantitative estimate of drug-likeness (QED) is 0.617. The fraction of sp³-hybridized carbons (Fsp3) is 0.316. The van der Waals surface area contributed by atoms with E-state index in [1.54, 1.807) is 23.5 Å². The van der Waals surface area contributed by atoms with E-state index in [4.69, 9.17) is 4.74 Å². The van der Waals surface area contributed by atoms with Crippen LogP contribution < -0.4 is 4.74 Å². The van der Waals surface area contributed by atoms with Crippen molar-refractivity contribution in [2.45, 2.75) is 25.9 Å². The second-order valence-electron chi connectivity index (χ2n) is 6.59. The Morgan fingerprint density at radius 1 is 1.21 bits per heavy atom. The molecular formula is C19H19BrN6O2. The van der Waals surface area contributed by atoms with Crippen molar-refractivity contribution in [3.63, 3.8) is 0 Å². The van der Waals surface area contributed by atoms with Crippen molar-refractivity contribution in [3.05, 3.63) is 58.7 Å². The zero-order chi connectivity index (χ0) is 19.5. The maximum atomic E-state index is 13.2. The van der Waals surface area contributed by atoms with E-state index in [9.17, 15) is 4.79 Å². The van der Waals surface area contributed by atoms with Gasteiger partial charge in [-0.05, 0) is 53.9 Å². The second-order valence-corrected chi connectivity index (χ2v) is 7.50. The highest BCUT2D eigenvalue weighted by Crippen LogP contribution is 2.21. The molecule has 0 spiro atoms. The summed E-state index contributed by atoms with van der Waals surface area (Å²) in [6.07, 6.45) is 6.46. The van der Waals surface area contributed by atoms with Crippen molar-refractivity contribution in [1.29, 1.82) is 0 Å². The highest BCUT2D eigenvalue weighted by Gasteiger charge is 2.28. The van der Waals surface area contributed by atoms with Gasteiger partial charge in [0, 0.05) is 29.0 Å². The zero-order valence-corrected chi connectivity index (χ0v) is 16.9. The molecule has 0 N–H and O–H groups in total. The third kappa shape index (κ3) is 4.04. The summed E-state index contributed by atoms with van der Waals surface area (Å²) in [5.41, 5.74) is 1.68. The molecule has 0 radical (unpaired) electrons. The highest BCUT2D eigenvalue weighted by molar-refractivity contribution is 9.10. The van der Waals surface area contributed by atoms with Gasteiger partial charge in [0.25, 0.3) is 5.91 Å². The van der Waals surface area contributed by atoms with E-state index in [1.807, 2.05) is 31.2 Å². The van der Waals surface area contributed by atoms with Crippen molar-refractivity contribution in [2.75, 3.05) is 13.1 Å². The lowest BCUT2D eigenvalue weighted by atomic mass is 10.1. The Bertz CT molecular complexity index is 961. The Hall–Kier alpha value is -2.81. The summed E-state index contributed by atoms with van der Waals surface area (Å²) < 4.78 is 6.87. The minimum absolute atomic E-state index is 0.109. The third-order valence-electron chi connectivity index (χ3n) is 4.50. The van der Waals surface area contributed by atoms with Crippen LogP contribution >= 0.6 is 15.9 Å². The SMILES string of the molecule is Cc1ccc(-n2nccn2)c(C(=O)N2CCCC(Oc3ccc(Br)cn3)C2)n1. The van der Waals surface area contributed by atoms with Crippen LogP contribution in [0.2, 0.25) is 0 Å². The Labute approximate surface area is 170 Å². The monoisotopic (exact) mass is 442 g/mol. The molecule has 3 aromatic rings.